The van der Waals surface area contributed by atoms with Crippen molar-refractivity contribution in [3.05, 3.63) is 64.2 Å². The van der Waals surface area contributed by atoms with Gasteiger partial charge in [0.1, 0.15) is 5.75 Å². The van der Waals surface area contributed by atoms with Crippen LogP contribution < -0.4 is 10.2 Å². The molecule has 2 rings (SSSR count). The Morgan fingerprint density at radius 3 is 2.07 bits per heavy atom. The Kier molecular flexibility index (Phi) is 6.85. The molecule has 156 valence electrons. The van der Waals surface area contributed by atoms with Crippen molar-refractivity contribution < 1.29 is 14.3 Å². The highest BCUT2D eigenvalue weighted by atomic mass is 16.5. The number of benzene rings is 2. The van der Waals surface area contributed by atoms with Gasteiger partial charge in [-0.25, -0.2) is 10.4 Å². The van der Waals surface area contributed by atoms with Crippen LogP contribution in [0.2, 0.25) is 0 Å². The first-order valence-corrected chi connectivity index (χ1v) is 9.90. The van der Waals surface area contributed by atoms with Crippen LogP contribution in [0.5, 0.6) is 5.75 Å². The Labute approximate surface area is 174 Å². The predicted molar refractivity (Wildman–Crippen MR) is 116 cm³/mol. The number of amides is 2. The van der Waals surface area contributed by atoms with Crippen LogP contribution in [0.3, 0.4) is 0 Å². The zero-order chi connectivity index (χ0) is 21.9. The molecule has 0 saturated heterocycles. The maximum absolute atomic E-state index is 13.5. The maximum atomic E-state index is 13.5. The number of aryl methyl sites for hydroxylation is 2. The third kappa shape index (κ3) is 5.91. The summed E-state index contributed by atoms with van der Waals surface area (Å²) in [4.78, 5) is 26.8. The molecule has 1 N–H and O–H groups in total. The molecule has 0 aliphatic heterocycles. The second-order valence-corrected chi connectivity index (χ2v) is 8.78. The average Bonchev–Trinajstić information content (AvgIpc) is 2.58. The van der Waals surface area contributed by atoms with E-state index in [0.29, 0.717) is 22.4 Å². The summed E-state index contributed by atoms with van der Waals surface area (Å²) in [5.41, 5.74) is 6.14. The largest absolute Gasteiger partial charge is 0.491 e. The summed E-state index contributed by atoms with van der Waals surface area (Å²) in [6.07, 6.45) is -0.0141. The molecule has 0 aliphatic carbocycles. The van der Waals surface area contributed by atoms with Crippen molar-refractivity contribution in [2.24, 2.45) is 0 Å². The van der Waals surface area contributed by atoms with Crippen LogP contribution in [-0.4, -0.2) is 28.5 Å². The van der Waals surface area contributed by atoms with Crippen molar-refractivity contribution in [2.45, 2.75) is 67.0 Å². The number of hydrazine groups is 1. The number of hydrogen-bond donors (Lipinski definition) is 1. The van der Waals surface area contributed by atoms with Crippen molar-refractivity contribution in [3.8, 4) is 5.75 Å². The van der Waals surface area contributed by atoms with Gasteiger partial charge in [-0.2, -0.15) is 0 Å². The fraction of sp³-hybridized carbons (Fsp3) is 0.417. The first-order valence-electron chi connectivity index (χ1n) is 9.90. The second-order valence-electron chi connectivity index (χ2n) is 8.78. The van der Waals surface area contributed by atoms with Crippen molar-refractivity contribution in [2.75, 3.05) is 0 Å². The first kappa shape index (κ1) is 22.6. The number of imide groups is 1. The van der Waals surface area contributed by atoms with E-state index < -0.39 is 11.4 Å². The van der Waals surface area contributed by atoms with E-state index in [1.54, 1.807) is 24.3 Å². The van der Waals surface area contributed by atoms with E-state index in [1.165, 1.54) is 0 Å². The lowest BCUT2D eigenvalue weighted by molar-refractivity contribution is 0.0451. The SMILES string of the molecule is Cc1cc(C)cc(C(=O)N(NC(C)(C)C)C(=O)c2cccc(OC(C)C)c2C)c1. The lowest BCUT2D eigenvalue weighted by Crippen LogP contribution is -2.55. The predicted octanol–water partition coefficient (Wildman–Crippen LogP) is 4.98. The fourth-order valence-corrected chi connectivity index (χ4v) is 3.10. The van der Waals surface area contributed by atoms with Gasteiger partial charge in [0.15, 0.2) is 0 Å². The van der Waals surface area contributed by atoms with E-state index in [2.05, 4.69) is 5.43 Å². The zero-order valence-corrected chi connectivity index (χ0v) is 18.7. The standard InChI is InChI=1S/C24H32N2O3/c1-15(2)29-21-11-9-10-20(18(21)5)23(28)26(25-24(6,7)8)22(27)19-13-16(3)12-17(4)14-19/h9-15,25H,1-8H3. The number of hydrogen-bond acceptors (Lipinski definition) is 4. The van der Waals surface area contributed by atoms with E-state index in [0.717, 1.165) is 16.1 Å². The van der Waals surface area contributed by atoms with Gasteiger partial charge >= 0.3 is 0 Å². The Hall–Kier alpha value is -2.66. The van der Waals surface area contributed by atoms with Crippen molar-refractivity contribution >= 4 is 11.8 Å². The highest BCUT2D eigenvalue weighted by Crippen LogP contribution is 2.24. The minimum Gasteiger partial charge on any atom is -0.491 e. The quantitative estimate of drug-likeness (QED) is 0.572. The molecule has 2 aromatic rings. The highest BCUT2D eigenvalue weighted by molar-refractivity contribution is 6.10. The summed E-state index contributed by atoms with van der Waals surface area (Å²) in [5, 5.41) is 1.12. The van der Waals surface area contributed by atoms with Crippen LogP contribution in [0.4, 0.5) is 0 Å². The molecule has 5 nitrogen and oxygen atoms in total. The van der Waals surface area contributed by atoms with E-state index in [4.69, 9.17) is 4.74 Å². The minimum atomic E-state index is -0.482. The summed E-state index contributed by atoms with van der Waals surface area (Å²) >= 11 is 0. The summed E-state index contributed by atoms with van der Waals surface area (Å²) in [6, 6.07) is 10.9. The maximum Gasteiger partial charge on any atom is 0.275 e. The molecular weight excluding hydrogens is 364 g/mol. The van der Waals surface area contributed by atoms with E-state index in [9.17, 15) is 9.59 Å². The second kappa shape index (κ2) is 8.78. The smallest absolute Gasteiger partial charge is 0.275 e. The lowest BCUT2D eigenvalue weighted by Gasteiger charge is -2.31. The molecule has 0 atom stereocenters. The van der Waals surface area contributed by atoms with Gasteiger partial charge in [-0.05, 0) is 79.7 Å². The Morgan fingerprint density at radius 2 is 1.55 bits per heavy atom. The summed E-state index contributed by atoms with van der Waals surface area (Å²) in [6.45, 7) is 15.3. The molecule has 0 bridgehead atoms. The first-order chi connectivity index (χ1) is 13.4. The molecule has 0 fully saturated rings. The fourth-order valence-electron chi connectivity index (χ4n) is 3.10. The summed E-state index contributed by atoms with van der Waals surface area (Å²) in [7, 11) is 0. The van der Waals surface area contributed by atoms with Crippen LogP contribution >= 0.6 is 0 Å². The topological polar surface area (TPSA) is 58.6 Å². The van der Waals surface area contributed by atoms with Gasteiger partial charge in [0.2, 0.25) is 0 Å². The Bertz CT molecular complexity index is 891. The molecule has 0 aliphatic rings. The molecule has 2 amide bonds. The molecule has 5 heteroatoms. The van der Waals surface area contributed by atoms with Gasteiger partial charge in [-0.15, -0.1) is 0 Å². The molecule has 0 aromatic heterocycles. The molecule has 0 unspecified atom stereocenters. The number of rotatable bonds is 5. The number of carbonyl (C=O) groups excluding carboxylic acids is 2. The van der Waals surface area contributed by atoms with E-state index in [1.807, 2.05) is 67.5 Å². The number of nitrogens with one attached hydrogen (secondary N) is 1. The van der Waals surface area contributed by atoms with E-state index >= 15 is 0 Å². The average molecular weight is 397 g/mol. The van der Waals surface area contributed by atoms with Gasteiger partial charge < -0.3 is 4.74 Å². The van der Waals surface area contributed by atoms with Crippen LogP contribution in [0.1, 0.15) is 72.0 Å². The number of nitrogens with zero attached hydrogens (tertiary/aromatic N) is 1. The molecule has 0 heterocycles. The third-order valence-corrected chi connectivity index (χ3v) is 4.20. The third-order valence-electron chi connectivity index (χ3n) is 4.20. The van der Waals surface area contributed by atoms with Gasteiger partial charge in [0.25, 0.3) is 11.8 Å². The number of carbonyl (C=O) groups is 2. The van der Waals surface area contributed by atoms with Crippen LogP contribution in [0.15, 0.2) is 36.4 Å². The van der Waals surface area contributed by atoms with Gasteiger partial charge in [-0.3, -0.25) is 9.59 Å². The van der Waals surface area contributed by atoms with Crippen LogP contribution in [-0.2, 0) is 0 Å². The zero-order valence-electron chi connectivity index (χ0n) is 18.7. The van der Waals surface area contributed by atoms with E-state index in [-0.39, 0.29) is 12.0 Å². The number of ether oxygens (including phenoxy) is 1. The van der Waals surface area contributed by atoms with Crippen LogP contribution in [0, 0.1) is 20.8 Å². The monoisotopic (exact) mass is 396 g/mol. The van der Waals surface area contributed by atoms with Gasteiger partial charge in [0.05, 0.1) is 6.10 Å². The van der Waals surface area contributed by atoms with Gasteiger partial charge in [-0.1, -0.05) is 23.3 Å². The summed E-state index contributed by atoms with van der Waals surface area (Å²) in [5.74, 6) is -0.150. The Balaban J connectivity index is 2.50. The summed E-state index contributed by atoms with van der Waals surface area (Å²) < 4.78 is 5.82. The van der Waals surface area contributed by atoms with Crippen molar-refractivity contribution in [1.82, 2.24) is 10.4 Å². The normalized spacial score (nSPS) is 11.5. The molecule has 0 saturated carbocycles. The molecule has 29 heavy (non-hydrogen) atoms. The van der Waals surface area contributed by atoms with Crippen molar-refractivity contribution in [3.63, 3.8) is 0 Å². The molecule has 2 aromatic carbocycles. The van der Waals surface area contributed by atoms with Crippen molar-refractivity contribution in [1.29, 1.82) is 0 Å². The Morgan fingerprint density at radius 1 is 0.966 bits per heavy atom. The van der Waals surface area contributed by atoms with Gasteiger partial charge in [0, 0.05) is 22.2 Å². The van der Waals surface area contributed by atoms with Crippen LogP contribution in [0.25, 0.3) is 0 Å². The molecule has 0 spiro atoms. The lowest BCUT2D eigenvalue weighted by atomic mass is 10.0. The minimum absolute atomic E-state index is 0.0141. The highest BCUT2D eigenvalue weighted by Gasteiger charge is 2.30. The molecular formula is C24H32N2O3. The molecule has 0 radical (unpaired) electrons.